The van der Waals surface area contributed by atoms with Gasteiger partial charge in [-0.25, -0.2) is 0 Å². The average Bonchev–Trinajstić information content (AvgIpc) is 2.41. The molecule has 0 aromatic rings. The topological polar surface area (TPSA) is 26.3 Å². The first-order valence-corrected chi connectivity index (χ1v) is 5.67. The molecule has 14 heavy (non-hydrogen) atoms. The molecule has 2 nitrogen and oxygen atoms in total. The van der Waals surface area contributed by atoms with E-state index < -0.39 is 0 Å². The predicted molar refractivity (Wildman–Crippen MR) is 57.0 cm³/mol. The van der Waals surface area contributed by atoms with Crippen molar-refractivity contribution < 1.29 is 9.53 Å². The Morgan fingerprint density at radius 2 is 2.14 bits per heavy atom. The molecule has 1 heterocycles. The first-order chi connectivity index (χ1) is 6.52. The molecule has 0 amide bonds. The van der Waals surface area contributed by atoms with E-state index in [1.807, 2.05) is 0 Å². The normalized spacial score (nSPS) is 27.0. The van der Waals surface area contributed by atoms with Crippen molar-refractivity contribution >= 4 is 5.97 Å². The molecule has 1 unspecified atom stereocenters. The minimum absolute atomic E-state index is 0.0173. The van der Waals surface area contributed by atoms with Crippen LogP contribution in [0.5, 0.6) is 0 Å². The number of carbonyl (C=O) groups excluding carboxylic acids is 1. The van der Waals surface area contributed by atoms with E-state index in [2.05, 4.69) is 20.8 Å². The average molecular weight is 198 g/mol. The molecule has 0 aromatic heterocycles. The van der Waals surface area contributed by atoms with Crippen molar-refractivity contribution in [2.45, 2.75) is 52.9 Å². The maximum absolute atomic E-state index is 11.0. The maximum atomic E-state index is 11.0. The summed E-state index contributed by atoms with van der Waals surface area (Å²) in [6.07, 6.45) is 5.55. The third kappa shape index (κ3) is 3.69. The van der Waals surface area contributed by atoms with Crippen molar-refractivity contribution in [3.63, 3.8) is 0 Å². The molecule has 0 aromatic carbocycles. The van der Waals surface area contributed by atoms with Crippen LogP contribution in [0, 0.1) is 11.3 Å². The highest BCUT2D eigenvalue weighted by atomic mass is 16.5. The van der Waals surface area contributed by atoms with Crippen LogP contribution in [0.2, 0.25) is 0 Å². The Hall–Kier alpha value is -0.530. The van der Waals surface area contributed by atoms with Crippen molar-refractivity contribution in [3.8, 4) is 0 Å². The number of rotatable bonds is 5. The summed E-state index contributed by atoms with van der Waals surface area (Å²) >= 11 is 0. The van der Waals surface area contributed by atoms with E-state index in [-0.39, 0.29) is 11.4 Å². The summed E-state index contributed by atoms with van der Waals surface area (Å²) in [6, 6.07) is 0. The summed E-state index contributed by atoms with van der Waals surface area (Å²) < 4.78 is 5.01. The van der Waals surface area contributed by atoms with Crippen LogP contribution in [0.4, 0.5) is 0 Å². The van der Waals surface area contributed by atoms with E-state index in [0.717, 1.165) is 12.3 Å². The predicted octanol–water partition coefficient (Wildman–Crippen LogP) is 3.16. The van der Waals surface area contributed by atoms with Gasteiger partial charge in [-0.2, -0.15) is 0 Å². The fraction of sp³-hybridized carbons (Fsp3) is 0.917. The Morgan fingerprint density at radius 1 is 1.43 bits per heavy atom. The van der Waals surface area contributed by atoms with Gasteiger partial charge in [0.25, 0.3) is 0 Å². The molecule has 1 atom stereocenters. The van der Waals surface area contributed by atoms with Gasteiger partial charge in [0, 0.05) is 5.41 Å². The zero-order valence-electron chi connectivity index (χ0n) is 9.64. The Morgan fingerprint density at radius 3 is 2.64 bits per heavy atom. The monoisotopic (exact) mass is 198 g/mol. The van der Waals surface area contributed by atoms with Crippen LogP contribution in [-0.4, -0.2) is 12.6 Å². The van der Waals surface area contributed by atoms with Gasteiger partial charge >= 0.3 is 5.97 Å². The van der Waals surface area contributed by atoms with Crippen LogP contribution in [0.15, 0.2) is 0 Å². The van der Waals surface area contributed by atoms with Crippen LogP contribution < -0.4 is 0 Å². The van der Waals surface area contributed by atoms with Crippen molar-refractivity contribution in [2.24, 2.45) is 11.3 Å². The minimum atomic E-state index is -0.0173. The Kier molecular flexibility index (Phi) is 3.97. The molecule has 1 fully saturated rings. The SMILES string of the molecule is CC(C)CCCCC1(C)COC(=O)C1. The Balaban J connectivity index is 2.14. The smallest absolute Gasteiger partial charge is 0.306 e. The molecule has 0 saturated carbocycles. The lowest BCUT2D eigenvalue weighted by Crippen LogP contribution is -2.15. The number of hydrogen-bond acceptors (Lipinski definition) is 2. The molecule has 0 radical (unpaired) electrons. The van der Waals surface area contributed by atoms with Crippen molar-refractivity contribution in [2.75, 3.05) is 6.61 Å². The molecule has 1 saturated heterocycles. The van der Waals surface area contributed by atoms with Crippen molar-refractivity contribution in [3.05, 3.63) is 0 Å². The summed E-state index contributed by atoms with van der Waals surface area (Å²) in [5.41, 5.74) is 0.133. The number of unbranched alkanes of at least 4 members (excludes halogenated alkanes) is 1. The molecular weight excluding hydrogens is 176 g/mol. The molecule has 1 aliphatic rings. The fourth-order valence-electron chi connectivity index (χ4n) is 1.97. The standard InChI is InChI=1S/C12H22O2/c1-10(2)6-4-5-7-12(3)8-11(13)14-9-12/h10H,4-9H2,1-3H3. The van der Waals surface area contributed by atoms with E-state index in [9.17, 15) is 4.79 Å². The first-order valence-electron chi connectivity index (χ1n) is 5.67. The van der Waals surface area contributed by atoms with Gasteiger partial charge in [-0.3, -0.25) is 4.79 Å². The zero-order chi connectivity index (χ0) is 10.6. The fourth-order valence-corrected chi connectivity index (χ4v) is 1.97. The third-order valence-electron chi connectivity index (χ3n) is 2.96. The van der Waals surface area contributed by atoms with E-state index >= 15 is 0 Å². The number of ether oxygens (including phenoxy) is 1. The molecule has 1 rings (SSSR count). The van der Waals surface area contributed by atoms with Gasteiger partial charge in [-0.15, -0.1) is 0 Å². The second-order valence-electron chi connectivity index (χ2n) is 5.29. The minimum Gasteiger partial charge on any atom is -0.465 e. The van der Waals surface area contributed by atoms with Gasteiger partial charge in [0.1, 0.15) is 0 Å². The van der Waals surface area contributed by atoms with Crippen LogP contribution in [0.25, 0.3) is 0 Å². The summed E-state index contributed by atoms with van der Waals surface area (Å²) in [4.78, 5) is 11.0. The third-order valence-corrected chi connectivity index (χ3v) is 2.96. The van der Waals surface area contributed by atoms with Crippen LogP contribution >= 0.6 is 0 Å². The van der Waals surface area contributed by atoms with Gasteiger partial charge in [0.2, 0.25) is 0 Å². The summed E-state index contributed by atoms with van der Waals surface area (Å²) in [7, 11) is 0. The molecule has 0 N–H and O–H groups in total. The van der Waals surface area contributed by atoms with Crippen LogP contribution in [-0.2, 0) is 9.53 Å². The quantitative estimate of drug-likeness (QED) is 0.501. The summed E-state index contributed by atoms with van der Waals surface area (Å²) in [6.45, 7) is 7.30. The lowest BCUT2D eigenvalue weighted by molar-refractivity contribution is -0.137. The van der Waals surface area contributed by atoms with Gasteiger partial charge in [0.15, 0.2) is 0 Å². The number of cyclic esters (lactones) is 1. The number of carbonyl (C=O) groups is 1. The second-order valence-corrected chi connectivity index (χ2v) is 5.29. The number of hydrogen-bond donors (Lipinski definition) is 0. The molecule has 0 bridgehead atoms. The van der Waals surface area contributed by atoms with E-state index in [1.165, 1.54) is 19.3 Å². The molecule has 2 heteroatoms. The molecule has 1 aliphatic heterocycles. The maximum Gasteiger partial charge on any atom is 0.306 e. The number of esters is 1. The summed E-state index contributed by atoms with van der Waals surface area (Å²) in [5.74, 6) is 0.778. The highest BCUT2D eigenvalue weighted by Gasteiger charge is 2.35. The van der Waals surface area contributed by atoms with Gasteiger partial charge in [-0.05, 0) is 12.3 Å². The van der Waals surface area contributed by atoms with Crippen molar-refractivity contribution in [1.82, 2.24) is 0 Å². The van der Waals surface area contributed by atoms with E-state index in [4.69, 9.17) is 4.74 Å². The zero-order valence-corrected chi connectivity index (χ0v) is 9.64. The van der Waals surface area contributed by atoms with Gasteiger partial charge in [0.05, 0.1) is 13.0 Å². The molecule has 82 valence electrons. The van der Waals surface area contributed by atoms with E-state index in [1.54, 1.807) is 0 Å². The van der Waals surface area contributed by atoms with Crippen molar-refractivity contribution in [1.29, 1.82) is 0 Å². The van der Waals surface area contributed by atoms with Crippen LogP contribution in [0.1, 0.15) is 52.9 Å². The lowest BCUT2D eigenvalue weighted by Gasteiger charge is -2.19. The molecule has 0 aliphatic carbocycles. The lowest BCUT2D eigenvalue weighted by atomic mass is 9.84. The first kappa shape index (κ1) is 11.5. The van der Waals surface area contributed by atoms with Crippen LogP contribution in [0.3, 0.4) is 0 Å². The van der Waals surface area contributed by atoms with E-state index in [0.29, 0.717) is 13.0 Å². The Labute approximate surface area is 87.0 Å². The second kappa shape index (κ2) is 4.81. The Bertz CT molecular complexity index is 198. The van der Waals surface area contributed by atoms with Gasteiger partial charge < -0.3 is 4.74 Å². The molecular formula is C12H22O2. The largest absolute Gasteiger partial charge is 0.465 e. The van der Waals surface area contributed by atoms with Gasteiger partial charge in [-0.1, -0.05) is 40.0 Å². The highest BCUT2D eigenvalue weighted by Crippen LogP contribution is 2.34. The summed E-state index contributed by atoms with van der Waals surface area (Å²) in [5, 5.41) is 0. The molecule has 0 spiro atoms. The highest BCUT2D eigenvalue weighted by molar-refractivity contribution is 5.72.